The Bertz CT molecular complexity index is 324. The molecule has 3 nitrogen and oxygen atoms in total. The van der Waals surface area contributed by atoms with Gasteiger partial charge in [-0.2, -0.15) is 0 Å². The molecular weight excluding hydrogens is 214 g/mol. The van der Waals surface area contributed by atoms with Gasteiger partial charge < -0.3 is 10.5 Å². The lowest BCUT2D eigenvalue weighted by Gasteiger charge is -2.09. The lowest BCUT2D eigenvalue weighted by molar-refractivity contribution is -0.123. The Balaban J connectivity index is 2.14. The van der Waals surface area contributed by atoms with Gasteiger partial charge in [0, 0.05) is 12.3 Å². The molecule has 0 amide bonds. The van der Waals surface area contributed by atoms with Gasteiger partial charge in [0.25, 0.3) is 0 Å². The predicted molar refractivity (Wildman–Crippen MR) is 68.6 cm³/mol. The molecule has 94 valence electrons. The zero-order valence-electron chi connectivity index (χ0n) is 10.4. The van der Waals surface area contributed by atoms with Crippen LogP contribution in [0.1, 0.15) is 25.3 Å². The van der Waals surface area contributed by atoms with Crippen LogP contribution in [0.3, 0.4) is 0 Å². The summed E-state index contributed by atoms with van der Waals surface area (Å²) in [6.45, 7) is 3.55. The van der Waals surface area contributed by atoms with E-state index in [1.165, 1.54) is 0 Å². The minimum atomic E-state index is 0.0559. The molecule has 0 aromatic heterocycles. The third-order valence-corrected chi connectivity index (χ3v) is 2.75. The molecule has 0 saturated carbocycles. The van der Waals surface area contributed by atoms with Gasteiger partial charge >= 0.3 is 0 Å². The first-order valence-corrected chi connectivity index (χ1v) is 6.08. The van der Waals surface area contributed by atoms with Crippen LogP contribution in [0.4, 0.5) is 0 Å². The van der Waals surface area contributed by atoms with E-state index in [2.05, 4.69) is 0 Å². The highest BCUT2D eigenvalue weighted by molar-refractivity contribution is 5.80. The number of nitrogens with two attached hydrogens (primary N) is 1. The van der Waals surface area contributed by atoms with Crippen LogP contribution in [0.5, 0.6) is 0 Å². The number of hydrogen-bond donors (Lipinski definition) is 1. The van der Waals surface area contributed by atoms with E-state index in [4.69, 9.17) is 10.5 Å². The average Bonchev–Trinajstić information content (AvgIpc) is 2.36. The lowest BCUT2D eigenvalue weighted by atomic mass is 10.0. The van der Waals surface area contributed by atoms with Gasteiger partial charge in [-0.3, -0.25) is 4.79 Å². The van der Waals surface area contributed by atoms with Crippen molar-refractivity contribution < 1.29 is 9.53 Å². The quantitative estimate of drug-likeness (QED) is 0.702. The summed E-state index contributed by atoms with van der Waals surface area (Å²) in [6, 6.07) is 9.96. The van der Waals surface area contributed by atoms with E-state index in [9.17, 15) is 4.79 Å². The van der Waals surface area contributed by atoms with Crippen LogP contribution in [-0.4, -0.2) is 18.9 Å². The number of carbonyl (C=O) groups excluding carboxylic acids is 1. The van der Waals surface area contributed by atoms with E-state index in [-0.39, 0.29) is 11.7 Å². The summed E-state index contributed by atoms with van der Waals surface area (Å²) >= 11 is 0. The van der Waals surface area contributed by atoms with Gasteiger partial charge in [-0.05, 0) is 18.5 Å². The predicted octanol–water partition coefficient (Wildman–Crippen LogP) is 2.15. The Labute approximate surface area is 103 Å². The number of benzene rings is 1. The summed E-state index contributed by atoms with van der Waals surface area (Å²) in [5.41, 5.74) is 6.55. The first-order chi connectivity index (χ1) is 8.24. The van der Waals surface area contributed by atoms with Gasteiger partial charge in [0.15, 0.2) is 0 Å². The van der Waals surface area contributed by atoms with Crippen LogP contribution in [0, 0.1) is 5.92 Å². The van der Waals surface area contributed by atoms with E-state index in [1.54, 1.807) is 0 Å². The van der Waals surface area contributed by atoms with Crippen LogP contribution in [0.15, 0.2) is 30.3 Å². The molecule has 0 heterocycles. The molecule has 1 atom stereocenters. The molecule has 1 aromatic carbocycles. The highest BCUT2D eigenvalue weighted by Gasteiger charge is 2.11. The van der Waals surface area contributed by atoms with Crippen molar-refractivity contribution in [1.29, 1.82) is 0 Å². The number of carbonyl (C=O) groups is 1. The molecule has 0 radical (unpaired) electrons. The Morgan fingerprint density at radius 3 is 2.71 bits per heavy atom. The second kappa shape index (κ2) is 7.98. The lowest BCUT2D eigenvalue weighted by Crippen LogP contribution is -2.17. The van der Waals surface area contributed by atoms with Crippen LogP contribution < -0.4 is 5.73 Å². The fraction of sp³-hybridized carbons (Fsp3) is 0.500. The van der Waals surface area contributed by atoms with Gasteiger partial charge in [0.2, 0.25) is 0 Å². The van der Waals surface area contributed by atoms with Crippen molar-refractivity contribution in [2.24, 2.45) is 11.7 Å². The second-order valence-corrected chi connectivity index (χ2v) is 4.23. The van der Waals surface area contributed by atoms with Crippen molar-refractivity contribution in [2.45, 2.75) is 26.4 Å². The highest BCUT2D eigenvalue weighted by Crippen LogP contribution is 2.06. The van der Waals surface area contributed by atoms with Crippen molar-refractivity contribution >= 4 is 5.78 Å². The highest BCUT2D eigenvalue weighted by atomic mass is 16.5. The Morgan fingerprint density at radius 2 is 2.06 bits per heavy atom. The molecule has 3 heteroatoms. The van der Waals surface area contributed by atoms with Crippen molar-refractivity contribution in [1.82, 2.24) is 0 Å². The summed E-state index contributed by atoms with van der Waals surface area (Å²) < 4.78 is 5.47. The minimum absolute atomic E-state index is 0.0559. The van der Waals surface area contributed by atoms with E-state index in [1.807, 2.05) is 37.3 Å². The molecule has 1 rings (SSSR count). The maximum Gasteiger partial charge on any atom is 0.138 e. The topological polar surface area (TPSA) is 52.3 Å². The Morgan fingerprint density at radius 1 is 1.35 bits per heavy atom. The standard InChI is InChI=1S/C14H21NO2/c1-12(7-9-15)14(16)8-10-17-11-13-5-3-2-4-6-13/h2-6,12H,7-11,15H2,1H3. The SMILES string of the molecule is CC(CCN)C(=O)CCOCc1ccccc1. The van der Waals surface area contributed by atoms with Crippen LogP contribution in [0.25, 0.3) is 0 Å². The number of ether oxygens (including phenoxy) is 1. The van der Waals surface area contributed by atoms with Gasteiger partial charge in [-0.1, -0.05) is 37.3 Å². The summed E-state index contributed by atoms with van der Waals surface area (Å²) in [4.78, 5) is 11.6. The van der Waals surface area contributed by atoms with Crippen LogP contribution in [-0.2, 0) is 16.1 Å². The molecule has 0 fully saturated rings. The molecule has 1 aromatic rings. The first-order valence-electron chi connectivity index (χ1n) is 6.08. The van der Waals surface area contributed by atoms with Crippen molar-refractivity contribution in [3.63, 3.8) is 0 Å². The summed E-state index contributed by atoms with van der Waals surface area (Å²) in [5, 5.41) is 0. The first kappa shape index (κ1) is 13.9. The average molecular weight is 235 g/mol. The van der Waals surface area contributed by atoms with Gasteiger partial charge in [0.1, 0.15) is 5.78 Å². The molecule has 0 saturated heterocycles. The van der Waals surface area contributed by atoms with Crippen molar-refractivity contribution in [3.05, 3.63) is 35.9 Å². The fourth-order valence-corrected chi connectivity index (χ4v) is 1.59. The van der Waals surface area contributed by atoms with E-state index >= 15 is 0 Å². The molecule has 0 aliphatic heterocycles. The largest absolute Gasteiger partial charge is 0.376 e. The molecule has 0 aliphatic carbocycles. The molecule has 2 N–H and O–H groups in total. The number of rotatable bonds is 8. The number of Topliss-reactive ketones (excluding diaryl/α,β-unsaturated/α-hetero) is 1. The fourth-order valence-electron chi connectivity index (χ4n) is 1.59. The van der Waals surface area contributed by atoms with Gasteiger partial charge in [0.05, 0.1) is 13.2 Å². The molecule has 0 aliphatic rings. The Hall–Kier alpha value is -1.19. The summed E-state index contributed by atoms with van der Waals surface area (Å²) in [7, 11) is 0. The van der Waals surface area contributed by atoms with E-state index in [0.717, 1.165) is 12.0 Å². The maximum absolute atomic E-state index is 11.6. The maximum atomic E-state index is 11.6. The molecule has 0 spiro atoms. The second-order valence-electron chi connectivity index (χ2n) is 4.23. The van der Waals surface area contributed by atoms with Gasteiger partial charge in [-0.15, -0.1) is 0 Å². The van der Waals surface area contributed by atoms with Crippen LogP contribution in [0.2, 0.25) is 0 Å². The van der Waals surface area contributed by atoms with Crippen molar-refractivity contribution in [2.75, 3.05) is 13.2 Å². The third kappa shape index (κ3) is 5.61. The monoisotopic (exact) mass is 235 g/mol. The zero-order chi connectivity index (χ0) is 12.5. The smallest absolute Gasteiger partial charge is 0.138 e. The molecule has 17 heavy (non-hydrogen) atoms. The number of hydrogen-bond acceptors (Lipinski definition) is 3. The third-order valence-electron chi connectivity index (χ3n) is 2.75. The molecule has 1 unspecified atom stereocenters. The molecule has 0 bridgehead atoms. The normalized spacial score (nSPS) is 12.4. The van der Waals surface area contributed by atoms with E-state index in [0.29, 0.717) is 26.2 Å². The summed E-state index contributed by atoms with van der Waals surface area (Å²) in [5.74, 6) is 0.295. The molecular formula is C14H21NO2. The summed E-state index contributed by atoms with van der Waals surface area (Å²) in [6.07, 6.45) is 1.24. The minimum Gasteiger partial charge on any atom is -0.376 e. The number of ketones is 1. The van der Waals surface area contributed by atoms with Crippen molar-refractivity contribution in [3.8, 4) is 0 Å². The van der Waals surface area contributed by atoms with E-state index < -0.39 is 0 Å². The zero-order valence-corrected chi connectivity index (χ0v) is 10.4. The Kier molecular flexibility index (Phi) is 6.51. The van der Waals surface area contributed by atoms with Crippen LogP contribution >= 0.6 is 0 Å². The van der Waals surface area contributed by atoms with Gasteiger partial charge in [-0.25, -0.2) is 0 Å².